The van der Waals surface area contributed by atoms with Crippen molar-refractivity contribution in [1.29, 1.82) is 0 Å². The largest absolute Gasteiger partial charge is 0.497 e. The molecule has 23 heavy (non-hydrogen) atoms. The summed E-state index contributed by atoms with van der Waals surface area (Å²) in [6.07, 6.45) is -1.18. The highest BCUT2D eigenvalue weighted by Gasteiger charge is 2.25. The van der Waals surface area contributed by atoms with E-state index in [0.29, 0.717) is 17.1 Å². The maximum atomic E-state index is 11.3. The van der Waals surface area contributed by atoms with Gasteiger partial charge < -0.3 is 19.3 Å². The van der Waals surface area contributed by atoms with Crippen LogP contribution in [0.2, 0.25) is 0 Å². The van der Waals surface area contributed by atoms with Gasteiger partial charge in [-0.05, 0) is 23.8 Å². The molecule has 1 atom stereocenters. The smallest absolute Gasteiger partial charge is 0.279 e. The van der Waals surface area contributed by atoms with E-state index >= 15 is 0 Å². The van der Waals surface area contributed by atoms with E-state index in [1.807, 2.05) is 0 Å². The van der Waals surface area contributed by atoms with E-state index in [0.717, 1.165) is 0 Å². The topological polar surface area (TPSA) is 91.1 Å². The van der Waals surface area contributed by atoms with Crippen LogP contribution in [0.1, 0.15) is 17.2 Å². The molecule has 0 aliphatic heterocycles. The highest BCUT2D eigenvalue weighted by molar-refractivity contribution is 5.56. The Kier molecular flexibility index (Phi) is 5.02. The Morgan fingerprint density at radius 1 is 1.00 bits per heavy atom. The molecule has 0 saturated carbocycles. The predicted molar refractivity (Wildman–Crippen MR) is 83.3 cm³/mol. The van der Waals surface area contributed by atoms with Crippen LogP contribution in [-0.2, 0) is 0 Å². The molecule has 122 valence electrons. The van der Waals surface area contributed by atoms with Gasteiger partial charge in [0.15, 0.2) is 11.5 Å². The summed E-state index contributed by atoms with van der Waals surface area (Å²) >= 11 is 0. The normalized spacial score (nSPS) is 11.7. The third kappa shape index (κ3) is 3.35. The van der Waals surface area contributed by atoms with E-state index < -0.39 is 11.0 Å². The van der Waals surface area contributed by atoms with Crippen molar-refractivity contribution in [2.45, 2.75) is 6.10 Å². The average Bonchev–Trinajstić information content (AvgIpc) is 2.59. The number of hydrogen-bond donors (Lipinski definition) is 1. The zero-order valence-corrected chi connectivity index (χ0v) is 13.0. The molecule has 0 aromatic heterocycles. The van der Waals surface area contributed by atoms with E-state index in [9.17, 15) is 15.2 Å². The molecule has 0 unspecified atom stereocenters. The monoisotopic (exact) mass is 319 g/mol. The first-order chi connectivity index (χ1) is 11.0. The number of methoxy groups -OCH3 is 3. The summed E-state index contributed by atoms with van der Waals surface area (Å²) in [6, 6.07) is 9.27. The number of ether oxygens (including phenoxy) is 3. The van der Waals surface area contributed by atoms with Gasteiger partial charge in [0.2, 0.25) is 0 Å². The first kappa shape index (κ1) is 16.6. The van der Waals surface area contributed by atoms with Crippen LogP contribution in [-0.4, -0.2) is 31.4 Å². The third-order valence-electron chi connectivity index (χ3n) is 3.46. The lowest BCUT2D eigenvalue weighted by molar-refractivity contribution is -0.386. The molecule has 2 rings (SSSR count). The lowest BCUT2D eigenvalue weighted by Crippen LogP contribution is -2.05. The molecule has 0 fully saturated rings. The van der Waals surface area contributed by atoms with Gasteiger partial charge in [-0.3, -0.25) is 10.1 Å². The van der Waals surface area contributed by atoms with Crippen LogP contribution in [0.3, 0.4) is 0 Å². The minimum atomic E-state index is -1.18. The third-order valence-corrected chi connectivity index (χ3v) is 3.46. The molecule has 0 heterocycles. The summed E-state index contributed by atoms with van der Waals surface area (Å²) in [5.74, 6) is 1.16. The first-order valence-electron chi connectivity index (χ1n) is 6.74. The first-order valence-corrected chi connectivity index (χ1v) is 6.74. The minimum absolute atomic E-state index is 0.123. The summed E-state index contributed by atoms with van der Waals surface area (Å²) in [5, 5.41) is 21.8. The van der Waals surface area contributed by atoms with Crippen molar-refractivity contribution in [3.05, 3.63) is 57.6 Å². The molecule has 2 aromatic carbocycles. The summed E-state index contributed by atoms with van der Waals surface area (Å²) < 4.78 is 15.3. The number of hydrogen-bond acceptors (Lipinski definition) is 6. The summed E-state index contributed by atoms with van der Waals surface area (Å²) in [7, 11) is 4.35. The van der Waals surface area contributed by atoms with Crippen LogP contribution in [0.25, 0.3) is 0 Å². The average molecular weight is 319 g/mol. The van der Waals surface area contributed by atoms with Crippen molar-refractivity contribution in [3.8, 4) is 17.2 Å². The molecule has 0 bridgehead atoms. The highest BCUT2D eigenvalue weighted by Crippen LogP contribution is 2.39. The number of nitro benzene ring substituents is 1. The fourth-order valence-electron chi connectivity index (χ4n) is 2.23. The number of rotatable bonds is 6. The molecule has 1 N–H and O–H groups in total. The van der Waals surface area contributed by atoms with Gasteiger partial charge >= 0.3 is 0 Å². The van der Waals surface area contributed by atoms with Crippen LogP contribution in [0.4, 0.5) is 5.69 Å². The van der Waals surface area contributed by atoms with Gasteiger partial charge in [-0.15, -0.1) is 0 Å². The Morgan fingerprint density at radius 2 is 1.57 bits per heavy atom. The number of aliphatic hydroxyl groups excluding tert-OH is 1. The second kappa shape index (κ2) is 6.97. The van der Waals surface area contributed by atoms with Gasteiger partial charge in [0, 0.05) is 0 Å². The van der Waals surface area contributed by atoms with Crippen LogP contribution in [0.5, 0.6) is 17.2 Å². The Hall–Kier alpha value is -2.80. The molecule has 2 aromatic rings. The second-order valence-corrected chi connectivity index (χ2v) is 4.70. The van der Waals surface area contributed by atoms with Crippen LogP contribution in [0.15, 0.2) is 36.4 Å². The van der Waals surface area contributed by atoms with E-state index in [2.05, 4.69) is 0 Å². The van der Waals surface area contributed by atoms with Crippen LogP contribution < -0.4 is 14.2 Å². The molecule has 7 nitrogen and oxygen atoms in total. The maximum Gasteiger partial charge on any atom is 0.279 e. The number of aliphatic hydroxyl groups is 1. The standard InChI is InChI=1S/C16H17NO6/c1-21-11-6-4-10(5-7-11)16(18)12-8-14(22-2)15(23-3)9-13(12)17(19)20/h4-9,16,18H,1-3H3/t16-/m1/s1. The Labute approximate surface area is 133 Å². The van der Waals surface area contributed by atoms with Crippen molar-refractivity contribution < 1.29 is 24.2 Å². The molecular weight excluding hydrogens is 302 g/mol. The zero-order valence-electron chi connectivity index (χ0n) is 13.0. The maximum absolute atomic E-state index is 11.3. The molecule has 0 aliphatic rings. The Balaban J connectivity index is 2.52. The highest BCUT2D eigenvalue weighted by atomic mass is 16.6. The summed E-state index contributed by atoms with van der Waals surface area (Å²) in [6.45, 7) is 0. The van der Waals surface area contributed by atoms with E-state index in [-0.39, 0.29) is 17.0 Å². The van der Waals surface area contributed by atoms with E-state index in [1.54, 1.807) is 24.3 Å². The number of nitrogens with zero attached hydrogens (tertiary/aromatic N) is 1. The molecular formula is C16H17NO6. The van der Waals surface area contributed by atoms with E-state index in [1.165, 1.54) is 33.5 Å². The molecule has 0 spiro atoms. The second-order valence-electron chi connectivity index (χ2n) is 4.70. The number of benzene rings is 2. The van der Waals surface area contributed by atoms with Crippen molar-refractivity contribution in [1.82, 2.24) is 0 Å². The molecule has 0 aliphatic carbocycles. The fourth-order valence-corrected chi connectivity index (χ4v) is 2.23. The van der Waals surface area contributed by atoms with Gasteiger partial charge in [0.1, 0.15) is 11.9 Å². The van der Waals surface area contributed by atoms with Crippen molar-refractivity contribution in [2.24, 2.45) is 0 Å². The van der Waals surface area contributed by atoms with Crippen LogP contribution in [0, 0.1) is 10.1 Å². The van der Waals surface area contributed by atoms with Crippen molar-refractivity contribution >= 4 is 5.69 Å². The molecule has 0 radical (unpaired) electrons. The molecule has 0 saturated heterocycles. The minimum Gasteiger partial charge on any atom is -0.497 e. The van der Waals surface area contributed by atoms with Crippen LogP contribution >= 0.6 is 0 Å². The SMILES string of the molecule is COc1ccc([C@@H](O)c2cc(OC)c(OC)cc2[N+](=O)[O-])cc1. The summed E-state index contributed by atoms with van der Waals surface area (Å²) in [5.41, 5.74) is 0.380. The van der Waals surface area contributed by atoms with Crippen molar-refractivity contribution in [2.75, 3.05) is 21.3 Å². The van der Waals surface area contributed by atoms with Crippen molar-refractivity contribution in [3.63, 3.8) is 0 Å². The van der Waals surface area contributed by atoms with Gasteiger partial charge in [0.25, 0.3) is 5.69 Å². The van der Waals surface area contributed by atoms with Gasteiger partial charge in [-0.25, -0.2) is 0 Å². The lowest BCUT2D eigenvalue weighted by atomic mass is 9.99. The van der Waals surface area contributed by atoms with E-state index in [4.69, 9.17) is 14.2 Å². The Bertz CT molecular complexity index is 698. The molecule has 7 heteroatoms. The van der Waals surface area contributed by atoms with Gasteiger partial charge in [-0.2, -0.15) is 0 Å². The Morgan fingerprint density at radius 3 is 2.04 bits per heavy atom. The number of nitro groups is 1. The van der Waals surface area contributed by atoms with Gasteiger partial charge in [0.05, 0.1) is 37.9 Å². The zero-order chi connectivity index (χ0) is 17.0. The fraction of sp³-hybridized carbons (Fsp3) is 0.250. The van der Waals surface area contributed by atoms with Gasteiger partial charge in [-0.1, -0.05) is 12.1 Å². The predicted octanol–water partition coefficient (Wildman–Crippen LogP) is 2.70. The summed E-state index contributed by atoms with van der Waals surface area (Å²) in [4.78, 5) is 10.7. The lowest BCUT2D eigenvalue weighted by Gasteiger charge is -2.15. The molecule has 0 amide bonds. The quantitative estimate of drug-likeness (QED) is 0.650.